The van der Waals surface area contributed by atoms with E-state index in [9.17, 15) is 13.2 Å². The third-order valence-electron chi connectivity index (χ3n) is 6.00. The summed E-state index contributed by atoms with van der Waals surface area (Å²) in [4.78, 5) is 17.9. The van der Waals surface area contributed by atoms with Crippen molar-refractivity contribution in [2.75, 3.05) is 49.9 Å². The largest absolute Gasteiger partial charge is 0.497 e. The summed E-state index contributed by atoms with van der Waals surface area (Å²) in [6.07, 6.45) is 0. The number of methoxy groups -OCH3 is 3. The molecule has 4 aromatic rings. The molecule has 3 aromatic carbocycles. The molecule has 4 rings (SSSR count). The predicted molar refractivity (Wildman–Crippen MR) is 158 cm³/mol. The Kier molecular flexibility index (Phi) is 8.80. The van der Waals surface area contributed by atoms with Gasteiger partial charge in [0.1, 0.15) is 28.7 Å². The zero-order chi connectivity index (χ0) is 28.9. The van der Waals surface area contributed by atoms with E-state index in [0.29, 0.717) is 17.2 Å². The minimum Gasteiger partial charge on any atom is -0.497 e. The van der Waals surface area contributed by atoms with Crippen LogP contribution in [0.5, 0.6) is 17.2 Å². The first-order valence-electron chi connectivity index (χ1n) is 12.1. The van der Waals surface area contributed by atoms with Crippen molar-refractivity contribution in [1.29, 1.82) is 0 Å². The SMILES string of the molecule is CNc1nc(-c2ccc(OC)c(NC(=O)CN(c3cccc(OC)c3)S(=O)(=O)c3cc(C)ccc3OC)c2)cs1. The molecular weight excluding hydrogens is 552 g/mol. The topological polar surface area (TPSA) is 119 Å². The van der Waals surface area contributed by atoms with E-state index in [-0.39, 0.29) is 16.3 Å². The van der Waals surface area contributed by atoms with Gasteiger partial charge in [0.2, 0.25) is 5.91 Å². The van der Waals surface area contributed by atoms with Gasteiger partial charge in [0.15, 0.2) is 5.13 Å². The van der Waals surface area contributed by atoms with Crippen molar-refractivity contribution in [2.45, 2.75) is 11.8 Å². The molecule has 0 aliphatic rings. The first-order chi connectivity index (χ1) is 19.2. The molecule has 0 atom stereocenters. The Balaban J connectivity index is 1.72. The smallest absolute Gasteiger partial charge is 0.268 e. The van der Waals surface area contributed by atoms with Crippen molar-refractivity contribution in [1.82, 2.24) is 4.98 Å². The van der Waals surface area contributed by atoms with Gasteiger partial charge in [0.25, 0.3) is 10.0 Å². The quantitative estimate of drug-likeness (QED) is 0.253. The van der Waals surface area contributed by atoms with Gasteiger partial charge < -0.3 is 24.8 Å². The monoisotopic (exact) mass is 582 g/mol. The Bertz CT molecular complexity index is 1620. The Morgan fingerprint density at radius 1 is 0.975 bits per heavy atom. The maximum absolute atomic E-state index is 14.0. The fourth-order valence-corrected chi connectivity index (χ4v) is 6.33. The number of carbonyl (C=O) groups excluding carboxylic acids is 1. The first kappa shape index (κ1) is 28.7. The highest BCUT2D eigenvalue weighted by Crippen LogP contribution is 2.34. The molecule has 10 nitrogen and oxygen atoms in total. The number of anilines is 3. The molecule has 0 unspecified atom stereocenters. The van der Waals surface area contributed by atoms with E-state index in [4.69, 9.17) is 14.2 Å². The molecule has 0 radical (unpaired) electrons. The Morgan fingerprint density at radius 2 is 1.73 bits per heavy atom. The maximum atomic E-state index is 14.0. The fourth-order valence-electron chi connectivity index (χ4n) is 3.99. The second-order valence-electron chi connectivity index (χ2n) is 8.62. The average Bonchev–Trinajstić information content (AvgIpc) is 3.45. The molecule has 40 heavy (non-hydrogen) atoms. The number of rotatable bonds is 11. The average molecular weight is 583 g/mol. The molecule has 0 spiro atoms. The van der Waals surface area contributed by atoms with Gasteiger partial charge in [-0.25, -0.2) is 13.4 Å². The van der Waals surface area contributed by atoms with Crippen LogP contribution in [0, 0.1) is 6.92 Å². The van der Waals surface area contributed by atoms with Gasteiger partial charge in [-0.2, -0.15) is 0 Å². The number of amides is 1. The lowest BCUT2D eigenvalue weighted by molar-refractivity contribution is -0.114. The molecular formula is C28H30N4O6S2. The van der Waals surface area contributed by atoms with Crippen LogP contribution < -0.4 is 29.1 Å². The molecule has 0 aliphatic carbocycles. The van der Waals surface area contributed by atoms with E-state index < -0.39 is 22.5 Å². The van der Waals surface area contributed by atoms with Crippen LogP contribution in [-0.2, 0) is 14.8 Å². The molecule has 0 fully saturated rings. The van der Waals surface area contributed by atoms with Crippen molar-refractivity contribution < 1.29 is 27.4 Å². The number of benzene rings is 3. The minimum atomic E-state index is -4.25. The molecule has 1 amide bonds. The van der Waals surface area contributed by atoms with Crippen LogP contribution in [0.4, 0.5) is 16.5 Å². The normalized spacial score (nSPS) is 11.0. The molecule has 0 aliphatic heterocycles. The zero-order valence-electron chi connectivity index (χ0n) is 22.7. The fraction of sp³-hybridized carbons (Fsp3) is 0.214. The van der Waals surface area contributed by atoms with Crippen LogP contribution in [0.15, 0.2) is 70.9 Å². The lowest BCUT2D eigenvalue weighted by Crippen LogP contribution is -2.38. The molecule has 0 saturated carbocycles. The standard InChI is InChI=1S/C28H30N4O6S2/c1-18-9-11-25(38-5)26(13-18)40(34,35)32(20-7-6-8-21(15-20)36-3)16-27(33)30-22-14-19(10-12-24(22)37-4)23-17-39-28(29-2)31-23/h6-15,17H,16H2,1-5H3,(H,29,31)(H,30,33). The Hall–Kier alpha value is -4.29. The van der Waals surface area contributed by atoms with Gasteiger partial charge in [0, 0.05) is 24.1 Å². The van der Waals surface area contributed by atoms with Crippen LogP contribution in [0.25, 0.3) is 11.3 Å². The van der Waals surface area contributed by atoms with Gasteiger partial charge in [-0.15, -0.1) is 11.3 Å². The van der Waals surface area contributed by atoms with Crippen molar-refractivity contribution in [3.8, 4) is 28.5 Å². The number of aromatic nitrogens is 1. The lowest BCUT2D eigenvalue weighted by atomic mass is 10.1. The van der Waals surface area contributed by atoms with E-state index in [0.717, 1.165) is 26.3 Å². The zero-order valence-corrected chi connectivity index (χ0v) is 24.4. The second kappa shape index (κ2) is 12.3. The number of aryl methyl sites for hydroxylation is 1. The van der Waals surface area contributed by atoms with Crippen LogP contribution in [0.1, 0.15) is 5.56 Å². The number of sulfonamides is 1. The summed E-state index contributed by atoms with van der Waals surface area (Å²) >= 11 is 1.45. The number of carbonyl (C=O) groups is 1. The van der Waals surface area contributed by atoms with E-state index in [1.165, 1.54) is 38.7 Å². The van der Waals surface area contributed by atoms with Crippen LogP contribution in [-0.4, -0.2) is 54.2 Å². The van der Waals surface area contributed by atoms with Crippen molar-refractivity contribution in [2.24, 2.45) is 0 Å². The third-order valence-corrected chi connectivity index (χ3v) is 8.66. The van der Waals surface area contributed by atoms with Crippen molar-refractivity contribution in [3.63, 3.8) is 0 Å². The molecule has 210 valence electrons. The number of hydrogen-bond acceptors (Lipinski definition) is 9. The van der Waals surface area contributed by atoms with Gasteiger partial charge in [-0.1, -0.05) is 12.1 Å². The summed E-state index contributed by atoms with van der Waals surface area (Å²) in [5, 5.41) is 8.46. The second-order valence-corrected chi connectivity index (χ2v) is 11.3. The summed E-state index contributed by atoms with van der Waals surface area (Å²) in [5.41, 5.74) is 2.83. The summed E-state index contributed by atoms with van der Waals surface area (Å²) in [7, 11) is 1.90. The summed E-state index contributed by atoms with van der Waals surface area (Å²) in [6, 6.07) is 16.6. The summed E-state index contributed by atoms with van der Waals surface area (Å²) in [6.45, 7) is 1.25. The first-order valence-corrected chi connectivity index (χ1v) is 14.4. The Morgan fingerprint density at radius 3 is 2.40 bits per heavy atom. The van der Waals surface area contributed by atoms with Crippen molar-refractivity contribution in [3.05, 3.63) is 71.6 Å². The summed E-state index contributed by atoms with van der Waals surface area (Å²) in [5.74, 6) is 0.435. The third kappa shape index (κ3) is 6.13. The number of nitrogens with zero attached hydrogens (tertiary/aromatic N) is 2. The molecule has 1 heterocycles. The van der Waals surface area contributed by atoms with E-state index in [1.54, 1.807) is 62.5 Å². The number of thiazole rings is 1. The van der Waals surface area contributed by atoms with Crippen molar-refractivity contribution >= 4 is 43.8 Å². The predicted octanol–water partition coefficient (Wildman–Crippen LogP) is 5.02. The lowest BCUT2D eigenvalue weighted by Gasteiger charge is -2.25. The van der Waals surface area contributed by atoms with Gasteiger partial charge in [0.05, 0.1) is 38.4 Å². The van der Waals surface area contributed by atoms with Gasteiger partial charge >= 0.3 is 0 Å². The minimum absolute atomic E-state index is 0.0610. The highest BCUT2D eigenvalue weighted by atomic mass is 32.2. The van der Waals surface area contributed by atoms with E-state index in [1.807, 2.05) is 11.4 Å². The number of ether oxygens (including phenoxy) is 3. The maximum Gasteiger partial charge on any atom is 0.268 e. The van der Waals surface area contributed by atoms with E-state index >= 15 is 0 Å². The van der Waals surface area contributed by atoms with Gasteiger partial charge in [-0.3, -0.25) is 9.10 Å². The molecule has 1 aromatic heterocycles. The van der Waals surface area contributed by atoms with Crippen LogP contribution in [0.3, 0.4) is 0 Å². The summed E-state index contributed by atoms with van der Waals surface area (Å²) < 4.78 is 45.2. The Labute approximate surface area is 237 Å². The highest BCUT2D eigenvalue weighted by Gasteiger charge is 2.31. The number of nitrogens with one attached hydrogen (secondary N) is 2. The molecule has 0 saturated heterocycles. The number of hydrogen-bond donors (Lipinski definition) is 2. The highest BCUT2D eigenvalue weighted by molar-refractivity contribution is 7.93. The van der Waals surface area contributed by atoms with Gasteiger partial charge in [-0.05, 0) is 55.0 Å². The van der Waals surface area contributed by atoms with Crippen LogP contribution >= 0.6 is 11.3 Å². The molecule has 12 heteroatoms. The van der Waals surface area contributed by atoms with Crippen LogP contribution in [0.2, 0.25) is 0 Å². The molecule has 0 bridgehead atoms. The van der Waals surface area contributed by atoms with E-state index in [2.05, 4.69) is 15.6 Å². The molecule has 2 N–H and O–H groups in total.